The van der Waals surface area contributed by atoms with Gasteiger partial charge in [-0.05, 0) is 13.0 Å². The number of thiazole rings is 1. The van der Waals surface area contributed by atoms with Crippen molar-refractivity contribution in [2.45, 2.75) is 13.5 Å². The Labute approximate surface area is 102 Å². The van der Waals surface area contributed by atoms with Crippen molar-refractivity contribution < 1.29 is 0 Å². The number of nitrogen functional groups attached to an aromatic ring is 1. The van der Waals surface area contributed by atoms with E-state index in [1.807, 2.05) is 23.8 Å². The largest absolute Gasteiger partial charge is 0.369 e. The molecule has 5 nitrogen and oxygen atoms in total. The molecule has 0 amide bonds. The highest BCUT2D eigenvalue weighted by molar-refractivity contribution is 7.11. The van der Waals surface area contributed by atoms with Crippen LogP contribution in [0.5, 0.6) is 0 Å². The zero-order valence-corrected chi connectivity index (χ0v) is 10.1. The Morgan fingerprint density at radius 3 is 3.06 bits per heavy atom. The number of imidazole rings is 1. The van der Waals surface area contributed by atoms with Crippen molar-refractivity contribution in [3.8, 4) is 0 Å². The van der Waals surface area contributed by atoms with Crippen molar-refractivity contribution in [1.29, 1.82) is 0 Å². The first-order chi connectivity index (χ1) is 8.24. The molecule has 6 heteroatoms. The maximum atomic E-state index is 5.92. The van der Waals surface area contributed by atoms with Crippen molar-refractivity contribution in [1.82, 2.24) is 19.5 Å². The summed E-state index contributed by atoms with van der Waals surface area (Å²) in [5, 5.41) is 1.06. The lowest BCUT2D eigenvalue weighted by atomic mass is 10.4. The lowest BCUT2D eigenvalue weighted by Crippen LogP contribution is -2.03. The minimum absolute atomic E-state index is 0.513. The maximum absolute atomic E-state index is 5.92. The van der Waals surface area contributed by atoms with Crippen molar-refractivity contribution in [2.24, 2.45) is 0 Å². The molecule has 0 saturated heterocycles. The van der Waals surface area contributed by atoms with Gasteiger partial charge < -0.3 is 10.3 Å². The third-order valence-corrected chi connectivity index (χ3v) is 3.46. The molecule has 0 aliphatic heterocycles. The van der Waals surface area contributed by atoms with E-state index in [0.717, 1.165) is 16.0 Å². The average molecular weight is 245 g/mol. The minimum Gasteiger partial charge on any atom is -0.369 e. The van der Waals surface area contributed by atoms with Gasteiger partial charge in [0.2, 0.25) is 5.95 Å². The van der Waals surface area contributed by atoms with Gasteiger partial charge in [-0.15, -0.1) is 11.3 Å². The maximum Gasteiger partial charge on any atom is 0.201 e. The summed E-state index contributed by atoms with van der Waals surface area (Å²) >= 11 is 1.67. The number of fused-ring (bicyclic) bond motifs is 1. The number of hydrogen-bond acceptors (Lipinski definition) is 5. The van der Waals surface area contributed by atoms with Gasteiger partial charge in [-0.1, -0.05) is 0 Å². The summed E-state index contributed by atoms with van der Waals surface area (Å²) in [6.45, 7) is 2.70. The second-order valence-corrected chi connectivity index (χ2v) is 5.09. The zero-order chi connectivity index (χ0) is 11.8. The molecule has 0 unspecified atom stereocenters. The molecule has 0 aromatic carbocycles. The molecule has 0 aliphatic rings. The number of hydrogen-bond donors (Lipinski definition) is 1. The number of nitrogens with two attached hydrogens (primary N) is 1. The van der Waals surface area contributed by atoms with Crippen molar-refractivity contribution in [2.75, 3.05) is 5.73 Å². The van der Waals surface area contributed by atoms with Gasteiger partial charge in [-0.3, -0.25) is 4.98 Å². The first-order valence-electron chi connectivity index (χ1n) is 5.21. The normalized spacial score (nSPS) is 11.1. The quantitative estimate of drug-likeness (QED) is 0.747. The number of aryl methyl sites for hydroxylation is 1. The van der Waals surface area contributed by atoms with Crippen LogP contribution in [0.1, 0.15) is 9.88 Å². The van der Waals surface area contributed by atoms with E-state index in [2.05, 4.69) is 15.0 Å². The second kappa shape index (κ2) is 3.81. The molecule has 86 valence electrons. The van der Waals surface area contributed by atoms with Crippen LogP contribution in [0.3, 0.4) is 0 Å². The monoisotopic (exact) mass is 245 g/mol. The van der Waals surface area contributed by atoms with Crippen LogP contribution < -0.4 is 5.73 Å². The molecule has 0 fully saturated rings. The fourth-order valence-corrected chi connectivity index (χ4v) is 2.58. The predicted molar refractivity (Wildman–Crippen MR) is 67.9 cm³/mol. The van der Waals surface area contributed by atoms with Gasteiger partial charge in [0.15, 0.2) is 0 Å². The van der Waals surface area contributed by atoms with Gasteiger partial charge in [0.1, 0.15) is 5.52 Å². The molecule has 3 aromatic rings. The van der Waals surface area contributed by atoms with Crippen LogP contribution in [-0.2, 0) is 6.54 Å². The van der Waals surface area contributed by atoms with Crippen molar-refractivity contribution in [3.63, 3.8) is 0 Å². The summed E-state index contributed by atoms with van der Waals surface area (Å²) in [4.78, 5) is 13.7. The summed E-state index contributed by atoms with van der Waals surface area (Å²) in [6.07, 6.45) is 5.35. The molecule has 0 saturated carbocycles. The van der Waals surface area contributed by atoms with Gasteiger partial charge >= 0.3 is 0 Å². The lowest BCUT2D eigenvalue weighted by molar-refractivity contribution is 0.850. The SMILES string of the molecule is Cc1ncc(Cn2c(N)nc3cnccc32)s1. The van der Waals surface area contributed by atoms with E-state index in [0.29, 0.717) is 12.5 Å². The minimum atomic E-state index is 0.513. The lowest BCUT2D eigenvalue weighted by Gasteiger charge is -2.03. The molecule has 0 atom stereocenters. The third kappa shape index (κ3) is 1.76. The Morgan fingerprint density at radius 2 is 2.29 bits per heavy atom. The third-order valence-electron chi connectivity index (χ3n) is 2.56. The Balaban J connectivity index is 2.08. The van der Waals surface area contributed by atoms with Gasteiger partial charge in [-0.25, -0.2) is 9.97 Å². The molecule has 0 radical (unpaired) electrons. The fraction of sp³-hybridized carbons (Fsp3) is 0.182. The molecule has 0 bridgehead atoms. The molecule has 3 rings (SSSR count). The van der Waals surface area contributed by atoms with Crippen LogP contribution in [-0.4, -0.2) is 19.5 Å². The average Bonchev–Trinajstić information content (AvgIpc) is 2.85. The molecular formula is C11H11N5S. The summed E-state index contributed by atoms with van der Waals surface area (Å²) in [6, 6.07) is 1.92. The van der Waals surface area contributed by atoms with Gasteiger partial charge in [-0.2, -0.15) is 0 Å². The van der Waals surface area contributed by atoms with E-state index >= 15 is 0 Å². The van der Waals surface area contributed by atoms with Crippen LogP contribution in [0.15, 0.2) is 24.7 Å². The molecular weight excluding hydrogens is 234 g/mol. The smallest absolute Gasteiger partial charge is 0.201 e. The Morgan fingerprint density at radius 1 is 1.41 bits per heavy atom. The molecule has 3 heterocycles. The first kappa shape index (κ1) is 10.2. The topological polar surface area (TPSA) is 69.6 Å². The first-order valence-corrected chi connectivity index (χ1v) is 6.03. The number of pyridine rings is 1. The van der Waals surface area contributed by atoms with E-state index < -0.39 is 0 Å². The zero-order valence-electron chi connectivity index (χ0n) is 9.29. The standard InChI is InChI=1S/C11H11N5S/c1-7-14-4-8(17-7)6-16-10-2-3-13-5-9(10)15-11(16)12/h2-5H,6H2,1H3,(H2,12,15). The van der Waals surface area contributed by atoms with Crippen LogP contribution in [0.4, 0.5) is 5.95 Å². The summed E-state index contributed by atoms with van der Waals surface area (Å²) in [5.74, 6) is 0.513. The van der Waals surface area contributed by atoms with E-state index in [-0.39, 0.29) is 0 Å². The number of anilines is 1. The van der Waals surface area contributed by atoms with Crippen LogP contribution in [0.25, 0.3) is 11.0 Å². The highest BCUT2D eigenvalue weighted by Gasteiger charge is 2.09. The molecule has 0 spiro atoms. The van der Waals surface area contributed by atoms with Crippen LogP contribution in [0.2, 0.25) is 0 Å². The van der Waals surface area contributed by atoms with Crippen LogP contribution in [0, 0.1) is 6.92 Å². The van der Waals surface area contributed by atoms with E-state index in [1.165, 1.54) is 4.88 Å². The van der Waals surface area contributed by atoms with Crippen molar-refractivity contribution >= 4 is 28.3 Å². The van der Waals surface area contributed by atoms with Crippen molar-refractivity contribution in [3.05, 3.63) is 34.5 Å². The van der Waals surface area contributed by atoms with E-state index in [1.54, 1.807) is 23.7 Å². The Kier molecular flexibility index (Phi) is 2.29. The summed E-state index contributed by atoms with van der Waals surface area (Å²) in [7, 11) is 0. The number of aromatic nitrogens is 4. The van der Waals surface area contributed by atoms with Gasteiger partial charge in [0.25, 0.3) is 0 Å². The molecule has 3 aromatic heterocycles. The summed E-state index contributed by atoms with van der Waals surface area (Å²) in [5.41, 5.74) is 7.74. The number of rotatable bonds is 2. The second-order valence-electron chi connectivity index (χ2n) is 3.77. The molecule has 2 N–H and O–H groups in total. The predicted octanol–water partition coefficient (Wildman–Crippen LogP) is 1.83. The molecule has 0 aliphatic carbocycles. The number of nitrogens with zero attached hydrogens (tertiary/aromatic N) is 4. The highest BCUT2D eigenvalue weighted by Crippen LogP contribution is 2.20. The highest BCUT2D eigenvalue weighted by atomic mass is 32.1. The summed E-state index contributed by atoms with van der Waals surface area (Å²) < 4.78 is 1.98. The van der Waals surface area contributed by atoms with Gasteiger partial charge in [0.05, 0.1) is 23.3 Å². The van der Waals surface area contributed by atoms with E-state index in [9.17, 15) is 0 Å². The Bertz CT molecular complexity index is 669. The fourth-order valence-electron chi connectivity index (χ4n) is 1.80. The molecule has 17 heavy (non-hydrogen) atoms. The van der Waals surface area contributed by atoms with Gasteiger partial charge in [0, 0.05) is 17.3 Å². The van der Waals surface area contributed by atoms with Crippen LogP contribution >= 0.6 is 11.3 Å². The van der Waals surface area contributed by atoms with E-state index in [4.69, 9.17) is 5.73 Å². The Hall–Kier alpha value is -1.95.